The molecule has 0 aromatic carbocycles. The summed E-state index contributed by atoms with van der Waals surface area (Å²) in [6.45, 7) is 6.77. The van der Waals surface area contributed by atoms with E-state index < -0.39 is 10.0 Å². The van der Waals surface area contributed by atoms with Crippen LogP contribution in [0.5, 0.6) is 0 Å². The van der Waals surface area contributed by atoms with Crippen molar-refractivity contribution < 1.29 is 22.8 Å². The lowest BCUT2D eigenvalue weighted by atomic mass is 10.1. The first kappa shape index (κ1) is 22.4. The van der Waals surface area contributed by atoms with Gasteiger partial charge in [0, 0.05) is 44.6 Å². The van der Waals surface area contributed by atoms with Crippen LogP contribution in [0.2, 0.25) is 0 Å². The van der Waals surface area contributed by atoms with Crippen molar-refractivity contribution in [1.29, 1.82) is 0 Å². The van der Waals surface area contributed by atoms with Crippen LogP contribution in [0.15, 0.2) is 0 Å². The van der Waals surface area contributed by atoms with Gasteiger partial charge in [-0.2, -0.15) is 0 Å². The Morgan fingerprint density at radius 3 is 2.38 bits per heavy atom. The lowest BCUT2D eigenvalue weighted by molar-refractivity contribution is -0.142. The molecule has 2 N–H and O–H groups in total. The zero-order valence-electron chi connectivity index (χ0n) is 15.9. The van der Waals surface area contributed by atoms with E-state index in [4.69, 9.17) is 0 Å². The van der Waals surface area contributed by atoms with Gasteiger partial charge in [-0.25, -0.2) is 13.1 Å². The highest BCUT2D eigenvalue weighted by molar-refractivity contribution is 7.88. The van der Waals surface area contributed by atoms with Crippen molar-refractivity contribution in [2.45, 2.75) is 39.7 Å². The second kappa shape index (κ2) is 9.86. The summed E-state index contributed by atoms with van der Waals surface area (Å²) in [7, 11) is -3.31. The minimum Gasteiger partial charge on any atom is -0.347 e. The molecule has 10 heteroatoms. The van der Waals surface area contributed by atoms with Gasteiger partial charge in [-0.1, -0.05) is 13.8 Å². The molecule has 150 valence electrons. The third-order valence-electron chi connectivity index (χ3n) is 4.48. The number of nitrogens with zero attached hydrogens (tertiary/aromatic N) is 2. The van der Waals surface area contributed by atoms with Crippen LogP contribution < -0.4 is 10.0 Å². The van der Waals surface area contributed by atoms with Gasteiger partial charge in [-0.3, -0.25) is 14.4 Å². The van der Waals surface area contributed by atoms with E-state index >= 15 is 0 Å². The summed E-state index contributed by atoms with van der Waals surface area (Å²) in [6, 6.07) is -0.163. The molecule has 0 saturated carbocycles. The first-order chi connectivity index (χ1) is 12.0. The topological polar surface area (TPSA) is 116 Å². The van der Waals surface area contributed by atoms with Crippen molar-refractivity contribution in [2.24, 2.45) is 5.92 Å². The highest BCUT2D eigenvalue weighted by Crippen LogP contribution is 2.11. The average Bonchev–Trinajstić information content (AvgIpc) is 2.57. The Morgan fingerprint density at radius 2 is 1.85 bits per heavy atom. The molecule has 3 amide bonds. The van der Waals surface area contributed by atoms with Crippen LogP contribution in [-0.4, -0.2) is 81.0 Å². The minimum absolute atomic E-state index is 0.0396. The van der Waals surface area contributed by atoms with Crippen LogP contribution in [0.3, 0.4) is 0 Å². The normalized spacial score (nSPS) is 19.2. The van der Waals surface area contributed by atoms with Gasteiger partial charge in [0.15, 0.2) is 0 Å². The first-order valence-corrected chi connectivity index (χ1v) is 10.7. The van der Waals surface area contributed by atoms with Crippen molar-refractivity contribution in [1.82, 2.24) is 19.8 Å². The number of carbonyl (C=O) groups is 3. The molecule has 0 aromatic heterocycles. The fourth-order valence-corrected chi connectivity index (χ4v) is 3.15. The Hall–Kier alpha value is -1.68. The summed E-state index contributed by atoms with van der Waals surface area (Å²) in [6.07, 6.45) is 1.84. The molecule has 1 fully saturated rings. The van der Waals surface area contributed by atoms with Gasteiger partial charge in [0.2, 0.25) is 27.7 Å². The monoisotopic (exact) mass is 390 g/mol. The van der Waals surface area contributed by atoms with E-state index in [9.17, 15) is 22.8 Å². The zero-order chi connectivity index (χ0) is 19.9. The quantitative estimate of drug-likeness (QED) is 0.560. The van der Waals surface area contributed by atoms with Gasteiger partial charge < -0.3 is 15.1 Å². The minimum atomic E-state index is -3.31. The van der Waals surface area contributed by atoms with E-state index in [1.165, 1.54) is 0 Å². The van der Waals surface area contributed by atoms with Crippen LogP contribution in [0.4, 0.5) is 0 Å². The van der Waals surface area contributed by atoms with Gasteiger partial charge in [-0.05, 0) is 13.3 Å². The number of sulfonamides is 1. The molecule has 0 radical (unpaired) electrons. The number of amides is 3. The van der Waals surface area contributed by atoms with Crippen LogP contribution in [0.25, 0.3) is 0 Å². The molecule has 1 saturated heterocycles. The second-order valence-corrected chi connectivity index (χ2v) is 8.55. The van der Waals surface area contributed by atoms with E-state index in [0.717, 1.165) is 6.26 Å². The number of nitrogens with one attached hydrogen (secondary N) is 2. The fraction of sp³-hybridized carbons (Fsp3) is 0.812. The third kappa shape index (κ3) is 7.28. The highest BCUT2D eigenvalue weighted by atomic mass is 32.2. The highest BCUT2D eigenvalue weighted by Gasteiger charge is 2.29. The molecule has 0 bridgehead atoms. The number of rotatable bonds is 8. The van der Waals surface area contributed by atoms with Gasteiger partial charge in [-0.15, -0.1) is 0 Å². The SMILES string of the molecule is CCC(C)C(=O)NCC(=O)N1CCN(C(=O)CCNS(C)(=O)=O)[C@H](C)C1. The Morgan fingerprint density at radius 1 is 1.19 bits per heavy atom. The van der Waals surface area contributed by atoms with Gasteiger partial charge >= 0.3 is 0 Å². The van der Waals surface area contributed by atoms with E-state index in [2.05, 4.69) is 10.0 Å². The molecule has 1 aliphatic heterocycles. The predicted molar refractivity (Wildman–Crippen MR) is 97.7 cm³/mol. The molecular formula is C16H30N4O5S. The number of carbonyl (C=O) groups excluding carboxylic acids is 3. The molecule has 1 aliphatic rings. The summed E-state index contributed by atoms with van der Waals surface area (Å²) in [5, 5.41) is 2.65. The molecule has 0 aliphatic carbocycles. The third-order valence-corrected chi connectivity index (χ3v) is 5.21. The maximum absolute atomic E-state index is 12.2. The van der Waals surface area contributed by atoms with Crippen molar-refractivity contribution >= 4 is 27.7 Å². The molecule has 1 unspecified atom stereocenters. The van der Waals surface area contributed by atoms with Crippen LogP contribution >= 0.6 is 0 Å². The Balaban J connectivity index is 2.43. The summed E-state index contributed by atoms with van der Waals surface area (Å²) in [4.78, 5) is 39.5. The smallest absolute Gasteiger partial charge is 0.242 e. The average molecular weight is 391 g/mol. The first-order valence-electron chi connectivity index (χ1n) is 8.84. The zero-order valence-corrected chi connectivity index (χ0v) is 16.8. The number of piperazine rings is 1. The van der Waals surface area contributed by atoms with Crippen LogP contribution in [0, 0.1) is 5.92 Å². The van der Waals surface area contributed by atoms with Crippen molar-refractivity contribution in [2.75, 3.05) is 39.0 Å². The number of hydrogen-bond acceptors (Lipinski definition) is 5. The predicted octanol–water partition coefficient (Wildman–Crippen LogP) is -0.853. The molecule has 1 rings (SSSR count). The fourth-order valence-electron chi connectivity index (χ4n) is 2.68. The summed E-state index contributed by atoms with van der Waals surface area (Å²) >= 11 is 0. The van der Waals surface area contributed by atoms with E-state index in [1.807, 2.05) is 20.8 Å². The van der Waals surface area contributed by atoms with Crippen molar-refractivity contribution in [3.05, 3.63) is 0 Å². The Bertz CT molecular complexity index is 622. The molecule has 26 heavy (non-hydrogen) atoms. The summed E-state index contributed by atoms with van der Waals surface area (Å²) in [5.41, 5.74) is 0. The largest absolute Gasteiger partial charge is 0.347 e. The lowest BCUT2D eigenvalue weighted by Gasteiger charge is -2.40. The van der Waals surface area contributed by atoms with Crippen LogP contribution in [-0.2, 0) is 24.4 Å². The van der Waals surface area contributed by atoms with E-state index in [0.29, 0.717) is 26.1 Å². The molecule has 9 nitrogen and oxygen atoms in total. The summed E-state index contributed by atoms with van der Waals surface area (Å²) in [5.74, 6) is -0.581. The summed E-state index contributed by atoms with van der Waals surface area (Å²) < 4.78 is 24.4. The standard InChI is InChI=1S/C16H30N4O5S/c1-5-12(2)16(23)17-10-15(22)19-8-9-20(13(3)11-19)14(21)6-7-18-26(4,24)25/h12-13,18H,5-11H2,1-4H3,(H,17,23)/t12?,13-/m1/s1. The van der Waals surface area contributed by atoms with E-state index in [-0.39, 0.29) is 49.2 Å². The van der Waals surface area contributed by atoms with Crippen molar-refractivity contribution in [3.8, 4) is 0 Å². The molecule has 0 spiro atoms. The van der Waals surface area contributed by atoms with Gasteiger partial charge in [0.25, 0.3) is 0 Å². The number of hydrogen-bond donors (Lipinski definition) is 2. The molecular weight excluding hydrogens is 360 g/mol. The maximum atomic E-state index is 12.2. The molecule has 0 aromatic rings. The van der Waals surface area contributed by atoms with E-state index in [1.54, 1.807) is 9.80 Å². The van der Waals surface area contributed by atoms with Crippen LogP contribution in [0.1, 0.15) is 33.6 Å². The van der Waals surface area contributed by atoms with Gasteiger partial charge in [0.05, 0.1) is 12.8 Å². The Kier molecular flexibility index (Phi) is 8.48. The molecule has 2 atom stereocenters. The second-order valence-electron chi connectivity index (χ2n) is 6.72. The van der Waals surface area contributed by atoms with Crippen molar-refractivity contribution in [3.63, 3.8) is 0 Å². The lowest BCUT2D eigenvalue weighted by Crippen LogP contribution is -2.57. The molecule has 1 heterocycles. The maximum Gasteiger partial charge on any atom is 0.242 e. The van der Waals surface area contributed by atoms with Gasteiger partial charge in [0.1, 0.15) is 0 Å². The Labute approximate surface area is 155 Å².